The first-order valence-electron chi connectivity index (χ1n) is 7.94. The maximum Gasteiger partial charge on any atom is 0.164 e. The number of carbonyl (C=O) groups is 1. The molecule has 2 aromatic rings. The van der Waals surface area contributed by atoms with Crippen LogP contribution in [0.5, 0.6) is 11.5 Å². The molecule has 2 N–H and O–H groups in total. The fraction of sp³-hybridized carbons (Fsp3) is 0.316. The molecule has 0 aromatic heterocycles. The summed E-state index contributed by atoms with van der Waals surface area (Å²) in [7, 11) is 0. The van der Waals surface area contributed by atoms with Crippen molar-refractivity contribution in [3.63, 3.8) is 0 Å². The molecule has 2 atom stereocenters. The number of benzene rings is 2. The van der Waals surface area contributed by atoms with Gasteiger partial charge in [0.1, 0.15) is 17.6 Å². The Kier molecular flexibility index (Phi) is 3.34. The molecular weight excluding hydrogens is 292 g/mol. The van der Waals surface area contributed by atoms with E-state index in [2.05, 4.69) is 0 Å². The van der Waals surface area contributed by atoms with Crippen molar-refractivity contribution in [2.45, 2.75) is 37.9 Å². The SMILES string of the molecule is O=C1CCc2ccc(O)c(c2)-c2cc(ccc2O)CC[C@@H]2O[C@@H]12. The summed E-state index contributed by atoms with van der Waals surface area (Å²) in [4.78, 5) is 12.1. The van der Waals surface area contributed by atoms with Crippen LogP contribution in [0.25, 0.3) is 11.1 Å². The number of phenolic OH excluding ortho intramolecular Hbond substituents is 2. The Balaban J connectivity index is 1.80. The number of Topliss-reactive ketones (excluding diaryl/α,β-unsaturated/α-hetero) is 1. The molecule has 2 aromatic carbocycles. The lowest BCUT2D eigenvalue weighted by molar-refractivity contribution is -0.120. The molecule has 118 valence electrons. The molecule has 0 radical (unpaired) electrons. The molecule has 1 saturated heterocycles. The smallest absolute Gasteiger partial charge is 0.164 e. The number of epoxide rings is 1. The minimum absolute atomic E-state index is 0.0250. The van der Waals surface area contributed by atoms with Crippen molar-refractivity contribution >= 4 is 5.78 Å². The quantitative estimate of drug-likeness (QED) is 0.734. The first-order chi connectivity index (χ1) is 11.1. The average molecular weight is 310 g/mol. The van der Waals surface area contributed by atoms with Crippen molar-refractivity contribution < 1.29 is 19.7 Å². The molecule has 2 aliphatic rings. The fourth-order valence-corrected chi connectivity index (χ4v) is 3.27. The summed E-state index contributed by atoms with van der Waals surface area (Å²) >= 11 is 0. The van der Waals surface area contributed by atoms with Gasteiger partial charge >= 0.3 is 0 Å². The Labute approximate surface area is 134 Å². The van der Waals surface area contributed by atoms with Gasteiger partial charge in [0.05, 0.1) is 6.10 Å². The summed E-state index contributed by atoms with van der Waals surface area (Å²) in [6.07, 6.45) is 2.40. The van der Waals surface area contributed by atoms with E-state index in [1.54, 1.807) is 12.1 Å². The summed E-state index contributed by atoms with van der Waals surface area (Å²) < 4.78 is 5.50. The van der Waals surface area contributed by atoms with E-state index in [1.165, 1.54) is 0 Å². The maximum atomic E-state index is 12.1. The molecule has 1 aliphatic carbocycles. The molecular formula is C19H18O4. The first-order valence-corrected chi connectivity index (χ1v) is 7.94. The summed E-state index contributed by atoms with van der Waals surface area (Å²) in [5.41, 5.74) is 3.26. The summed E-state index contributed by atoms with van der Waals surface area (Å²) in [5, 5.41) is 20.4. The van der Waals surface area contributed by atoms with Crippen LogP contribution < -0.4 is 0 Å². The lowest BCUT2D eigenvalue weighted by Gasteiger charge is -2.11. The Hall–Kier alpha value is -2.33. The van der Waals surface area contributed by atoms with Gasteiger partial charge in [0.15, 0.2) is 5.78 Å². The Morgan fingerprint density at radius 2 is 1.48 bits per heavy atom. The Bertz CT molecular complexity index is 781. The normalized spacial score (nSPS) is 23.2. The average Bonchev–Trinajstić information content (AvgIpc) is 3.32. The van der Waals surface area contributed by atoms with Gasteiger partial charge in [0.2, 0.25) is 0 Å². The zero-order chi connectivity index (χ0) is 16.0. The zero-order valence-electron chi connectivity index (χ0n) is 12.7. The number of carbonyl (C=O) groups excluding carboxylic acids is 1. The van der Waals surface area contributed by atoms with Crippen LogP contribution in [0, 0.1) is 0 Å². The summed E-state index contributed by atoms with van der Waals surface area (Å²) in [6.45, 7) is 0. The minimum atomic E-state index is -0.246. The second kappa shape index (κ2) is 5.39. The number of hydrogen-bond acceptors (Lipinski definition) is 4. The molecule has 1 heterocycles. The van der Waals surface area contributed by atoms with Gasteiger partial charge in [-0.25, -0.2) is 0 Å². The Morgan fingerprint density at radius 3 is 2.13 bits per heavy atom. The van der Waals surface area contributed by atoms with Gasteiger partial charge < -0.3 is 14.9 Å². The van der Waals surface area contributed by atoms with Crippen molar-refractivity contribution in [3.8, 4) is 22.6 Å². The van der Waals surface area contributed by atoms with Crippen LogP contribution in [0.3, 0.4) is 0 Å². The van der Waals surface area contributed by atoms with Crippen LogP contribution in [0.2, 0.25) is 0 Å². The number of hydrogen-bond donors (Lipinski definition) is 2. The highest BCUT2D eigenvalue weighted by molar-refractivity contribution is 5.86. The van der Waals surface area contributed by atoms with Crippen molar-refractivity contribution in [3.05, 3.63) is 47.5 Å². The van der Waals surface area contributed by atoms with Crippen LogP contribution in [0.15, 0.2) is 36.4 Å². The Morgan fingerprint density at radius 1 is 0.870 bits per heavy atom. The van der Waals surface area contributed by atoms with E-state index in [4.69, 9.17) is 4.74 Å². The van der Waals surface area contributed by atoms with Crippen molar-refractivity contribution in [1.82, 2.24) is 0 Å². The number of phenols is 2. The predicted octanol–water partition coefficient (Wildman–Crippen LogP) is 2.98. The van der Waals surface area contributed by atoms with Gasteiger partial charge in [0, 0.05) is 17.5 Å². The number of aromatic hydroxyl groups is 2. The van der Waals surface area contributed by atoms with Gasteiger partial charge in [-0.15, -0.1) is 0 Å². The lowest BCUT2D eigenvalue weighted by Crippen LogP contribution is -2.11. The summed E-state index contributed by atoms with van der Waals surface area (Å²) in [6, 6.07) is 10.7. The van der Waals surface area contributed by atoms with Gasteiger partial charge in [-0.3, -0.25) is 4.79 Å². The van der Waals surface area contributed by atoms with Crippen molar-refractivity contribution in [2.75, 3.05) is 0 Å². The molecule has 4 bridgehead atoms. The fourth-order valence-electron chi connectivity index (χ4n) is 3.27. The summed E-state index contributed by atoms with van der Waals surface area (Å²) in [5.74, 6) is 0.430. The monoisotopic (exact) mass is 310 g/mol. The molecule has 0 amide bonds. The van der Waals surface area contributed by atoms with Crippen LogP contribution in [0.4, 0.5) is 0 Å². The third-order valence-electron chi connectivity index (χ3n) is 4.69. The van der Waals surface area contributed by atoms with Gasteiger partial charge in [0.25, 0.3) is 0 Å². The molecule has 1 aliphatic heterocycles. The van der Waals surface area contributed by atoms with E-state index in [0.717, 1.165) is 24.0 Å². The van der Waals surface area contributed by atoms with E-state index in [-0.39, 0.29) is 29.5 Å². The minimum Gasteiger partial charge on any atom is -0.507 e. The number of ether oxygens (including phenoxy) is 1. The van der Waals surface area contributed by atoms with E-state index in [0.29, 0.717) is 24.0 Å². The third-order valence-corrected chi connectivity index (χ3v) is 4.69. The molecule has 0 spiro atoms. The van der Waals surface area contributed by atoms with Gasteiger partial charge in [-0.2, -0.15) is 0 Å². The standard InChI is InChI=1S/C19H18O4/c20-15-5-1-11-3-7-17(22)19-18(23-19)8-4-12-2-6-16(21)14(10-12)13(15)9-11/h1-2,5-6,9-10,18-21H,3-4,7-8H2/t18-,19-/m0/s1. The lowest BCUT2D eigenvalue weighted by atomic mass is 9.96. The van der Waals surface area contributed by atoms with Crippen LogP contribution in [-0.2, 0) is 22.4 Å². The molecule has 4 nitrogen and oxygen atoms in total. The number of rotatable bonds is 0. The zero-order valence-corrected chi connectivity index (χ0v) is 12.7. The highest BCUT2D eigenvalue weighted by Gasteiger charge is 2.43. The second-order valence-corrected chi connectivity index (χ2v) is 6.30. The molecule has 0 saturated carbocycles. The van der Waals surface area contributed by atoms with E-state index < -0.39 is 0 Å². The van der Waals surface area contributed by atoms with Crippen LogP contribution in [0.1, 0.15) is 24.0 Å². The molecule has 4 rings (SSSR count). The third kappa shape index (κ3) is 2.70. The molecule has 0 unspecified atom stereocenters. The number of ketones is 1. The highest BCUT2D eigenvalue weighted by Crippen LogP contribution is 2.38. The topological polar surface area (TPSA) is 70.1 Å². The molecule has 1 fully saturated rings. The van der Waals surface area contributed by atoms with E-state index >= 15 is 0 Å². The van der Waals surface area contributed by atoms with Gasteiger partial charge in [-0.1, -0.05) is 12.1 Å². The van der Waals surface area contributed by atoms with Crippen molar-refractivity contribution in [2.24, 2.45) is 0 Å². The second-order valence-electron chi connectivity index (χ2n) is 6.30. The van der Waals surface area contributed by atoms with Crippen LogP contribution in [-0.4, -0.2) is 28.2 Å². The largest absolute Gasteiger partial charge is 0.507 e. The molecule has 4 heteroatoms. The molecule has 23 heavy (non-hydrogen) atoms. The maximum absolute atomic E-state index is 12.1. The number of aryl methyl sites for hydroxylation is 2. The van der Waals surface area contributed by atoms with Gasteiger partial charge in [-0.05, 0) is 54.7 Å². The predicted molar refractivity (Wildman–Crippen MR) is 85.5 cm³/mol. The highest BCUT2D eigenvalue weighted by atomic mass is 16.6. The number of fused-ring (bicyclic) bond motifs is 6. The van der Waals surface area contributed by atoms with Crippen molar-refractivity contribution in [1.29, 1.82) is 0 Å². The van der Waals surface area contributed by atoms with E-state index in [9.17, 15) is 15.0 Å². The first kappa shape index (κ1) is 14.3. The van der Waals surface area contributed by atoms with E-state index in [1.807, 2.05) is 24.3 Å². The van der Waals surface area contributed by atoms with Crippen LogP contribution >= 0.6 is 0 Å².